The first-order chi connectivity index (χ1) is 12.6. The summed E-state index contributed by atoms with van der Waals surface area (Å²) in [6.45, 7) is 7.38. The van der Waals surface area contributed by atoms with Crippen molar-refractivity contribution in [3.63, 3.8) is 0 Å². The molecule has 0 amide bonds. The van der Waals surface area contributed by atoms with Gasteiger partial charge in [-0.15, -0.1) is 0 Å². The lowest BCUT2D eigenvalue weighted by Gasteiger charge is -2.18. The summed E-state index contributed by atoms with van der Waals surface area (Å²) in [5.74, 6) is -0.0581. The van der Waals surface area contributed by atoms with Gasteiger partial charge in [0.2, 0.25) is 0 Å². The van der Waals surface area contributed by atoms with Crippen LogP contribution < -0.4 is 4.72 Å². The minimum atomic E-state index is -3.79. The van der Waals surface area contributed by atoms with Crippen molar-refractivity contribution in [3.8, 4) is 0 Å². The van der Waals surface area contributed by atoms with Gasteiger partial charge in [0.25, 0.3) is 10.0 Å². The van der Waals surface area contributed by atoms with Crippen LogP contribution in [-0.2, 0) is 15.4 Å². The van der Waals surface area contributed by atoms with Crippen molar-refractivity contribution in [1.82, 2.24) is 9.78 Å². The molecule has 1 aliphatic carbocycles. The smallest absolute Gasteiger partial charge is 0.265 e. The molecule has 1 heterocycles. The van der Waals surface area contributed by atoms with Gasteiger partial charge < -0.3 is 0 Å². The van der Waals surface area contributed by atoms with Crippen LogP contribution in [0.1, 0.15) is 75.5 Å². The maximum Gasteiger partial charge on any atom is 0.265 e. The Hall–Kier alpha value is -2.15. The molecule has 0 radical (unpaired) electrons. The zero-order chi connectivity index (χ0) is 19.8. The Labute approximate surface area is 161 Å². The molecule has 7 heteroatoms. The number of ketones is 1. The van der Waals surface area contributed by atoms with E-state index in [1.54, 1.807) is 30.5 Å². The van der Waals surface area contributed by atoms with Crippen LogP contribution in [0.2, 0.25) is 0 Å². The molecule has 1 aliphatic rings. The highest BCUT2D eigenvalue weighted by Gasteiger charge is 2.32. The van der Waals surface area contributed by atoms with E-state index >= 15 is 0 Å². The number of carbonyl (C=O) groups is 1. The molecule has 1 N–H and O–H groups in total. The number of sulfonamides is 1. The number of hydrogen-bond acceptors (Lipinski definition) is 4. The van der Waals surface area contributed by atoms with Crippen molar-refractivity contribution in [2.45, 2.75) is 69.7 Å². The molecule has 2 aromatic rings. The Morgan fingerprint density at radius 3 is 2.26 bits per heavy atom. The molecule has 1 aromatic carbocycles. The maximum atomic E-state index is 13.1. The van der Waals surface area contributed by atoms with Crippen LogP contribution >= 0.6 is 0 Å². The summed E-state index contributed by atoms with van der Waals surface area (Å²) >= 11 is 0. The van der Waals surface area contributed by atoms with Gasteiger partial charge in [-0.05, 0) is 44.0 Å². The molecule has 0 saturated heterocycles. The van der Waals surface area contributed by atoms with Crippen LogP contribution in [0.3, 0.4) is 0 Å². The van der Waals surface area contributed by atoms with Crippen LogP contribution in [0.5, 0.6) is 0 Å². The molecule has 0 atom stereocenters. The standard InChI is InChI=1S/C20H27N3O3S/c1-14(24)15-9-11-16(12-10-15)22-27(25,26)18-13-23(17-7-5-6-8-17)21-19(18)20(2,3)4/h9-13,17,22H,5-8H2,1-4H3. The summed E-state index contributed by atoms with van der Waals surface area (Å²) in [6.07, 6.45) is 6.04. The van der Waals surface area contributed by atoms with Gasteiger partial charge in [0.15, 0.2) is 5.78 Å². The fourth-order valence-corrected chi connectivity index (χ4v) is 4.83. The van der Waals surface area contributed by atoms with Crippen molar-refractivity contribution in [3.05, 3.63) is 41.7 Å². The first-order valence-corrected chi connectivity index (χ1v) is 10.8. The maximum absolute atomic E-state index is 13.1. The van der Waals surface area contributed by atoms with Crippen LogP contribution in [0.25, 0.3) is 0 Å². The van der Waals surface area contributed by atoms with E-state index in [4.69, 9.17) is 0 Å². The molecule has 0 unspecified atom stereocenters. The van der Waals surface area contributed by atoms with Gasteiger partial charge in [-0.2, -0.15) is 5.10 Å². The van der Waals surface area contributed by atoms with Crippen molar-refractivity contribution in [2.75, 3.05) is 4.72 Å². The Balaban J connectivity index is 1.96. The number of carbonyl (C=O) groups excluding carboxylic acids is 1. The van der Waals surface area contributed by atoms with Gasteiger partial charge in [0.05, 0.1) is 11.7 Å². The van der Waals surface area contributed by atoms with Crippen molar-refractivity contribution in [1.29, 1.82) is 0 Å². The van der Waals surface area contributed by atoms with Gasteiger partial charge in [0.1, 0.15) is 4.90 Å². The Morgan fingerprint density at radius 1 is 1.15 bits per heavy atom. The van der Waals surface area contributed by atoms with Crippen LogP contribution in [-0.4, -0.2) is 24.0 Å². The van der Waals surface area contributed by atoms with Gasteiger partial charge in [-0.3, -0.25) is 14.2 Å². The minimum absolute atomic E-state index is 0.0581. The summed E-state index contributed by atoms with van der Waals surface area (Å²) in [5.41, 5.74) is 1.14. The molecule has 6 nitrogen and oxygen atoms in total. The monoisotopic (exact) mass is 389 g/mol. The number of rotatable bonds is 5. The lowest BCUT2D eigenvalue weighted by Crippen LogP contribution is -2.20. The molecule has 0 bridgehead atoms. The number of nitrogens with one attached hydrogen (secondary N) is 1. The number of aromatic nitrogens is 2. The lowest BCUT2D eigenvalue weighted by atomic mass is 9.92. The van der Waals surface area contributed by atoms with E-state index in [1.165, 1.54) is 6.92 Å². The summed E-state index contributed by atoms with van der Waals surface area (Å²) in [5, 5.41) is 4.66. The molecule has 27 heavy (non-hydrogen) atoms. The van der Waals surface area contributed by atoms with E-state index in [2.05, 4.69) is 9.82 Å². The average Bonchev–Trinajstić information content (AvgIpc) is 3.24. The van der Waals surface area contributed by atoms with Crippen molar-refractivity contribution < 1.29 is 13.2 Å². The second-order valence-electron chi connectivity index (χ2n) is 8.25. The molecule has 0 aliphatic heterocycles. The predicted octanol–water partition coefficient (Wildman–Crippen LogP) is 4.30. The highest BCUT2D eigenvalue weighted by atomic mass is 32.2. The molecule has 1 saturated carbocycles. The number of hydrogen-bond donors (Lipinski definition) is 1. The number of benzene rings is 1. The third kappa shape index (κ3) is 4.24. The van der Waals surface area contributed by atoms with Gasteiger partial charge in [-0.25, -0.2) is 8.42 Å². The summed E-state index contributed by atoms with van der Waals surface area (Å²) < 4.78 is 30.6. The Kier molecular flexibility index (Phi) is 5.16. The number of Topliss-reactive ketones (excluding diaryl/α,β-unsaturated/α-hetero) is 1. The fraction of sp³-hybridized carbons (Fsp3) is 0.500. The fourth-order valence-electron chi connectivity index (χ4n) is 3.43. The van der Waals surface area contributed by atoms with E-state index in [1.807, 2.05) is 25.5 Å². The second-order valence-corrected chi connectivity index (χ2v) is 9.90. The largest absolute Gasteiger partial charge is 0.295 e. The summed E-state index contributed by atoms with van der Waals surface area (Å²) in [7, 11) is -3.79. The normalized spacial score (nSPS) is 15.9. The topological polar surface area (TPSA) is 81.1 Å². The van der Waals surface area contributed by atoms with E-state index in [0.29, 0.717) is 16.9 Å². The zero-order valence-electron chi connectivity index (χ0n) is 16.3. The molecule has 146 valence electrons. The predicted molar refractivity (Wildman–Crippen MR) is 106 cm³/mol. The van der Waals surface area contributed by atoms with Crippen LogP contribution in [0, 0.1) is 0 Å². The molecule has 1 fully saturated rings. The first-order valence-electron chi connectivity index (χ1n) is 9.31. The van der Waals surface area contributed by atoms with Crippen molar-refractivity contribution >= 4 is 21.5 Å². The summed E-state index contributed by atoms with van der Waals surface area (Å²) in [4.78, 5) is 11.6. The van der Waals surface area contributed by atoms with Crippen LogP contribution in [0.15, 0.2) is 35.4 Å². The van der Waals surface area contributed by atoms with E-state index in [0.717, 1.165) is 25.7 Å². The van der Waals surface area contributed by atoms with Crippen LogP contribution in [0.4, 0.5) is 5.69 Å². The second kappa shape index (κ2) is 7.11. The third-order valence-corrected chi connectivity index (χ3v) is 6.32. The van der Waals surface area contributed by atoms with Gasteiger partial charge in [-0.1, -0.05) is 33.6 Å². The molecule has 1 aromatic heterocycles. The van der Waals surface area contributed by atoms with E-state index in [9.17, 15) is 13.2 Å². The van der Waals surface area contributed by atoms with Crippen molar-refractivity contribution in [2.24, 2.45) is 0 Å². The van der Waals surface area contributed by atoms with Gasteiger partial charge in [0, 0.05) is 22.9 Å². The quantitative estimate of drug-likeness (QED) is 0.773. The molecular weight excluding hydrogens is 362 g/mol. The third-order valence-electron chi connectivity index (χ3n) is 4.94. The highest BCUT2D eigenvalue weighted by molar-refractivity contribution is 7.92. The Morgan fingerprint density at radius 2 is 1.74 bits per heavy atom. The average molecular weight is 390 g/mol. The Bertz CT molecular complexity index is 932. The number of anilines is 1. The minimum Gasteiger partial charge on any atom is -0.295 e. The first kappa shape index (κ1) is 19.6. The SMILES string of the molecule is CC(=O)c1ccc(NS(=O)(=O)c2cn(C3CCCC3)nc2C(C)(C)C)cc1. The number of nitrogens with zero attached hydrogens (tertiary/aromatic N) is 2. The van der Waals surface area contributed by atoms with E-state index < -0.39 is 15.4 Å². The zero-order valence-corrected chi connectivity index (χ0v) is 17.1. The summed E-state index contributed by atoms with van der Waals surface area (Å²) in [6, 6.07) is 6.71. The van der Waals surface area contributed by atoms with Gasteiger partial charge >= 0.3 is 0 Å². The lowest BCUT2D eigenvalue weighted by molar-refractivity contribution is 0.101. The molecule has 3 rings (SSSR count). The molecular formula is C20H27N3O3S. The highest BCUT2D eigenvalue weighted by Crippen LogP contribution is 2.34. The molecule has 0 spiro atoms. The van der Waals surface area contributed by atoms with E-state index in [-0.39, 0.29) is 16.7 Å².